The highest BCUT2D eigenvalue weighted by Gasteiger charge is 2.11. The lowest BCUT2D eigenvalue weighted by molar-refractivity contribution is 0.822. The van der Waals surface area contributed by atoms with Gasteiger partial charge in [0.2, 0.25) is 0 Å². The molecule has 1 atom stereocenters. The SMILES string of the molecule is Cc1nc2c(C(C)N)ccnc2n1C. The van der Waals surface area contributed by atoms with Crippen molar-refractivity contribution < 1.29 is 0 Å². The fourth-order valence-electron chi connectivity index (χ4n) is 1.57. The number of aromatic nitrogens is 3. The van der Waals surface area contributed by atoms with Crippen molar-refractivity contribution in [3.63, 3.8) is 0 Å². The van der Waals surface area contributed by atoms with Crippen LogP contribution in [0.5, 0.6) is 0 Å². The second kappa shape index (κ2) is 3.06. The molecule has 1 unspecified atom stereocenters. The Hall–Kier alpha value is -1.42. The zero-order valence-corrected chi connectivity index (χ0v) is 8.65. The molecular formula is C10H14N4. The summed E-state index contributed by atoms with van der Waals surface area (Å²) in [4.78, 5) is 8.74. The van der Waals surface area contributed by atoms with Gasteiger partial charge in [0, 0.05) is 19.3 Å². The van der Waals surface area contributed by atoms with Crippen LogP contribution in [0.2, 0.25) is 0 Å². The van der Waals surface area contributed by atoms with Gasteiger partial charge in [-0.2, -0.15) is 0 Å². The fraction of sp³-hybridized carbons (Fsp3) is 0.400. The average Bonchev–Trinajstić information content (AvgIpc) is 2.43. The molecule has 0 amide bonds. The Morgan fingerprint density at radius 3 is 2.86 bits per heavy atom. The normalized spacial score (nSPS) is 13.4. The third-order valence-corrected chi connectivity index (χ3v) is 2.50. The first-order valence-electron chi connectivity index (χ1n) is 4.64. The number of hydrogen-bond acceptors (Lipinski definition) is 3. The molecule has 0 bridgehead atoms. The minimum atomic E-state index is -0.00481. The van der Waals surface area contributed by atoms with Gasteiger partial charge in [0.05, 0.1) is 0 Å². The predicted molar refractivity (Wildman–Crippen MR) is 55.8 cm³/mol. The molecule has 2 aromatic heterocycles. The number of rotatable bonds is 1. The summed E-state index contributed by atoms with van der Waals surface area (Å²) < 4.78 is 1.97. The minimum absolute atomic E-state index is 0.00481. The molecule has 0 fully saturated rings. The maximum atomic E-state index is 5.86. The molecular weight excluding hydrogens is 176 g/mol. The lowest BCUT2D eigenvalue weighted by atomic mass is 10.1. The molecule has 2 heterocycles. The van der Waals surface area contributed by atoms with E-state index in [4.69, 9.17) is 5.73 Å². The predicted octanol–water partition coefficient (Wildman–Crippen LogP) is 1.30. The molecule has 2 rings (SSSR count). The highest BCUT2D eigenvalue weighted by Crippen LogP contribution is 2.20. The molecule has 4 heteroatoms. The quantitative estimate of drug-likeness (QED) is 0.737. The van der Waals surface area contributed by atoms with Crippen LogP contribution < -0.4 is 5.73 Å². The van der Waals surface area contributed by atoms with Crippen LogP contribution in [0.4, 0.5) is 0 Å². The summed E-state index contributed by atoms with van der Waals surface area (Å²) in [5.74, 6) is 0.959. The Morgan fingerprint density at radius 2 is 2.21 bits per heavy atom. The van der Waals surface area contributed by atoms with Gasteiger partial charge in [0.25, 0.3) is 0 Å². The molecule has 0 saturated heterocycles. The number of hydrogen-bond donors (Lipinski definition) is 1. The maximum Gasteiger partial charge on any atom is 0.160 e. The van der Waals surface area contributed by atoms with Crippen molar-refractivity contribution in [1.29, 1.82) is 0 Å². The Balaban J connectivity index is 2.81. The summed E-state index contributed by atoms with van der Waals surface area (Å²) in [6, 6.07) is 1.93. The van der Waals surface area contributed by atoms with Crippen molar-refractivity contribution in [3.05, 3.63) is 23.7 Å². The number of nitrogens with zero attached hydrogens (tertiary/aromatic N) is 3. The van der Waals surface area contributed by atoms with Crippen molar-refractivity contribution in [1.82, 2.24) is 14.5 Å². The molecule has 0 aliphatic heterocycles. The largest absolute Gasteiger partial charge is 0.324 e. The van der Waals surface area contributed by atoms with E-state index in [2.05, 4.69) is 9.97 Å². The summed E-state index contributed by atoms with van der Waals surface area (Å²) >= 11 is 0. The summed E-state index contributed by atoms with van der Waals surface area (Å²) in [5.41, 5.74) is 8.74. The van der Waals surface area contributed by atoms with E-state index >= 15 is 0 Å². The lowest BCUT2D eigenvalue weighted by Crippen LogP contribution is -2.06. The molecule has 14 heavy (non-hydrogen) atoms. The van der Waals surface area contributed by atoms with Crippen LogP contribution in [0.15, 0.2) is 12.3 Å². The van der Waals surface area contributed by atoms with Crippen LogP contribution in [-0.4, -0.2) is 14.5 Å². The highest BCUT2D eigenvalue weighted by atomic mass is 15.1. The van der Waals surface area contributed by atoms with Crippen LogP contribution >= 0.6 is 0 Å². The molecule has 0 radical (unpaired) electrons. The summed E-state index contributed by atoms with van der Waals surface area (Å²) in [7, 11) is 1.96. The minimum Gasteiger partial charge on any atom is -0.324 e. The third kappa shape index (κ3) is 1.19. The van der Waals surface area contributed by atoms with Gasteiger partial charge in [-0.1, -0.05) is 0 Å². The van der Waals surface area contributed by atoms with Gasteiger partial charge in [0.15, 0.2) is 5.65 Å². The molecule has 2 N–H and O–H groups in total. The Bertz CT molecular complexity index is 470. The van der Waals surface area contributed by atoms with E-state index in [0.717, 1.165) is 22.6 Å². The van der Waals surface area contributed by atoms with E-state index in [1.165, 1.54) is 0 Å². The Kier molecular flexibility index (Phi) is 2.00. The van der Waals surface area contributed by atoms with Crippen molar-refractivity contribution in [3.8, 4) is 0 Å². The van der Waals surface area contributed by atoms with Gasteiger partial charge in [-0.25, -0.2) is 9.97 Å². The maximum absolute atomic E-state index is 5.86. The summed E-state index contributed by atoms with van der Waals surface area (Å²) in [6.45, 7) is 3.92. The van der Waals surface area contributed by atoms with E-state index in [0.29, 0.717) is 0 Å². The number of pyridine rings is 1. The van der Waals surface area contributed by atoms with Crippen molar-refractivity contribution in [2.24, 2.45) is 12.8 Å². The second-order valence-corrected chi connectivity index (χ2v) is 3.58. The fourth-order valence-corrected chi connectivity index (χ4v) is 1.57. The number of aryl methyl sites for hydroxylation is 2. The first-order valence-corrected chi connectivity index (χ1v) is 4.64. The molecule has 0 spiro atoms. The van der Waals surface area contributed by atoms with Crippen LogP contribution in [0.25, 0.3) is 11.2 Å². The number of nitrogens with two attached hydrogens (primary N) is 1. The summed E-state index contributed by atoms with van der Waals surface area (Å²) in [6.07, 6.45) is 1.78. The molecule has 2 aromatic rings. The van der Waals surface area contributed by atoms with E-state index in [9.17, 15) is 0 Å². The van der Waals surface area contributed by atoms with Gasteiger partial charge in [-0.15, -0.1) is 0 Å². The summed E-state index contributed by atoms with van der Waals surface area (Å²) in [5, 5.41) is 0. The molecule has 0 aliphatic rings. The average molecular weight is 190 g/mol. The highest BCUT2D eigenvalue weighted by molar-refractivity contribution is 5.75. The number of fused-ring (bicyclic) bond motifs is 1. The van der Waals surface area contributed by atoms with Crippen molar-refractivity contribution in [2.75, 3.05) is 0 Å². The van der Waals surface area contributed by atoms with Gasteiger partial charge >= 0.3 is 0 Å². The van der Waals surface area contributed by atoms with Gasteiger partial charge in [-0.3, -0.25) is 0 Å². The Morgan fingerprint density at radius 1 is 1.50 bits per heavy atom. The first kappa shape index (κ1) is 9.15. The van der Waals surface area contributed by atoms with Crippen LogP contribution in [-0.2, 0) is 7.05 Å². The second-order valence-electron chi connectivity index (χ2n) is 3.58. The monoisotopic (exact) mass is 190 g/mol. The smallest absolute Gasteiger partial charge is 0.160 e. The van der Waals surface area contributed by atoms with Gasteiger partial charge < -0.3 is 10.3 Å². The standard InChI is InChI=1S/C10H14N4/c1-6(11)8-4-5-12-10-9(8)13-7(2)14(10)3/h4-6H,11H2,1-3H3. The molecule has 4 nitrogen and oxygen atoms in total. The van der Waals surface area contributed by atoms with E-state index in [1.807, 2.05) is 31.5 Å². The van der Waals surface area contributed by atoms with Gasteiger partial charge in [0.1, 0.15) is 11.3 Å². The third-order valence-electron chi connectivity index (χ3n) is 2.50. The van der Waals surface area contributed by atoms with Crippen molar-refractivity contribution in [2.45, 2.75) is 19.9 Å². The van der Waals surface area contributed by atoms with E-state index in [-0.39, 0.29) is 6.04 Å². The molecule has 0 aromatic carbocycles. The zero-order chi connectivity index (χ0) is 10.3. The molecule has 74 valence electrons. The lowest BCUT2D eigenvalue weighted by Gasteiger charge is -2.05. The molecule has 0 saturated carbocycles. The van der Waals surface area contributed by atoms with Crippen molar-refractivity contribution >= 4 is 11.2 Å². The van der Waals surface area contributed by atoms with E-state index in [1.54, 1.807) is 6.20 Å². The van der Waals surface area contributed by atoms with Crippen LogP contribution in [0.1, 0.15) is 24.4 Å². The number of imidazole rings is 1. The first-order chi connectivity index (χ1) is 6.61. The zero-order valence-electron chi connectivity index (χ0n) is 8.65. The topological polar surface area (TPSA) is 56.7 Å². The van der Waals surface area contributed by atoms with Gasteiger partial charge in [-0.05, 0) is 25.5 Å². The van der Waals surface area contributed by atoms with Crippen LogP contribution in [0, 0.1) is 6.92 Å². The molecule has 0 aliphatic carbocycles. The van der Waals surface area contributed by atoms with Crippen LogP contribution in [0.3, 0.4) is 0 Å². The van der Waals surface area contributed by atoms with E-state index < -0.39 is 0 Å². The Labute approximate surface area is 82.8 Å².